The molecule has 0 saturated carbocycles. The van der Waals surface area contributed by atoms with E-state index in [0.29, 0.717) is 13.1 Å². The van der Waals surface area contributed by atoms with Gasteiger partial charge in [-0.15, -0.1) is 5.10 Å². The molecule has 2 aromatic heterocycles. The number of nitrogens with zero attached hydrogens (tertiary/aromatic N) is 5. The van der Waals surface area contributed by atoms with Crippen molar-refractivity contribution in [1.29, 1.82) is 0 Å². The summed E-state index contributed by atoms with van der Waals surface area (Å²) in [5.74, 6) is 0.0130. The molecule has 0 aromatic carbocycles. The average Bonchev–Trinajstić information content (AvgIpc) is 3.05. The van der Waals surface area contributed by atoms with Gasteiger partial charge in [-0.25, -0.2) is 4.68 Å². The molecular weight excluding hydrogens is 270 g/mol. The maximum atomic E-state index is 12.1. The molecule has 0 radical (unpaired) electrons. The highest BCUT2D eigenvalue weighted by Crippen LogP contribution is 2.16. The molecule has 0 spiro atoms. The van der Waals surface area contributed by atoms with Crippen LogP contribution in [0.15, 0.2) is 24.5 Å². The fourth-order valence-electron chi connectivity index (χ4n) is 2.59. The molecule has 7 nitrogen and oxygen atoms in total. The molecule has 0 fully saturated rings. The van der Waals surface area contributed by atoms with Crippen molar-refractivity contribution in [2.75, 3.05) is 20.3 Å². The standard InChI is InChI=1S/C14H19N5O2/c1-21-11-14(20)18-7-4-8-19-13(10-18)12(15-16-19)9-17-5-2-3-6-17/h2-3,5-6H,4,7-11H2,1H3. The summed E-state index contributed by atoms with van der Waals surface area (Å²) in [5.41, 5.74) is 1.94. The van der Waals surface area contributed by atoms with Crippen molar-refractivity contribution in [3.05, 3.63) is 35.9 Å². The van der Waals surface area contributed by atoms with E-state index in [-0.39, 0.29) is 12.5 Å². The van der Waals surface area contributed by atoms with Crippen molar-refractivity contribution in [3.63, 3.8) is 0 Å². The molecular formula is C14H19N5O2. The van der Waals surface area contributed by atoms with Gasteiger partial charge in [-0.05, 0) is 18.6 Å². The SMILES string of the molecule is COCC(=O)N1CCCn2nnc(Cn3cccc3)c2C1. The molecule has 7 heteroatoms. The second-order valence-electron chi connectivity index (χ2n) is 5.16. The van der Waals surface area contributed by atoms with Gasteiger partial charge in [-0.2, -0.15) is 0 Å². The van der Waals surface area contributed by atoms with E-state index >= 15 is 0 Å². The van der Waals surface area contributed by atoms with Crippen LogP contribution in [-0.2, 0) is 29.2 Å². The highest BCUT2D eigenvalue weighted by atomic mass is 16.5. The van der Waals surface area contributed by atoms with E-state index in [1.807, 2.05) is 34.1 Å². The van der Waals surface area contributed by atoms with Gasteiger partial charge >= 0.3 is 0 Å². The quantitative estimate of drug-likeness (QED) is 0.822. The first-order valence-electron chi connectivity index (χ1n) is 7.06. The van der Waals surface area contributed by atoms with Gasteiger partial charge < -0.3 is 14.2 Å². The Morgan fingerprint density at radius 1 is 1.33 bits per heavy atom. The van der Waals surface area contributed by atoms with Gasteiger partial charge in [0, 0.05) is 32.6 Å². The van der Waals surface area contributed by atoms with Gasteiger partial charge in [0.1, 0.15) is 12.3 Å². The van der Waals surface area contributed by atoms with Crippen LogP contribution >= 0.6 is 0 Å². The predicted molar refractivity (Wildman–Crippen MR) is 75.5 cm³/mol. The molecule has 112 valence electrons. The zero-order chi connectivity index (χ0) is 14.7. The smallest absolute Gasteiger partial charge is 0.248 e. The van der Waals surface area contributed by atoms with Crippen molar-refractivity contribution < 1.29 is 9.53 Å². The summed E-state index contributed by atoms with van der Waals surface area (Å²) < 4.78 is 8.92. The van der Waals surface area contributed by atoms with E-state index in [1.165, 1.54) is 0 Å². The lowest BCUT2D eigenvalue weighted by atomic mass is 10.3. The first-order valence-corrected chi connectivity index (χ1v) is 7.06. The number of rotatable bonds is 4. The lowest BCUT2D eigenvalue weighted by molar-refractivity contribution is -0.135. The fraction of sp³-hybridized carbons (Fsp3) is 0.500. The van der Waals surface area contributed by atoms with Crippen LogP contribution in [-0.4, -0.2) is 50.6 Å². The highest BCUT2D eigenvalue weighted by molar-refractivity contribution is 5.77. The van der Waals surface area contributed by atoms with E-state index < -0.39 is 0 Å². The van der Waals surface area contributed by atoms with Gasteiger partial charge in [0.2, 0.25) is 5.91 Å². The minimum Gasteiger partial charge on any atom is -0.375 e. The molecule has 0 unspecified atom stereocenters. The topological polar surface area (TPSA) is 65.2 Å². The van der Waals surface area contributed by atoms with Crippen LogP contribution in [0.1, 0.15) is 17.8 Å². The van der Waals surface area contributed by atoms with Gasteiger partial charge in [-0.1, -0.05) is 5.21 Å². The zero-order valence-electron chi connectivity index (χ0n) is 12.1. The summed E-state index contributed by atoms with van der Waals surface area (Å²) in [6.07, 6.45) is 4.88. The number of amides is 1. The molecule has 1 aliphatic rings. The Balaban J connectivity index is 1.81. The third-order valence-electron chi connectivity index (χ3n) is 3.68. The predicted octanol–water partition coefficient (Wildman–Crippen LogP) is 0.507. The molecule has 1 aliphatic heterocycles. The van der Waals surface area contributed by atoms with Crippen LogP contribution in [0.25, 0.3) is 0 Å². The lowest BCUT2D eigenvalue weighted by Gasteiger charge is -2.19. The summed E-state index contributed by atoms with van der Waals surface area (Å²) >= 11 is 0. The summed E-state index contributed by atoms with van der Waals surface area (Å²) in [7, 11) is 1.54. The van der Waals surface area contributed by atoms with E-state index in [4.69, 9.17) is 4.74 Å². The Kier molecular flexibility index (Phi) is 4.01. The largest absolute Gasteiger partial charge is 0.375 e. The summed E-state index contributed by atoms with van der Waals surface area (Å²) in [6.45, 7) is 2.87. The maximum absolute atomic E-state index is 12.1. The molecule has 3 rings (SSSR count). The number of aryl methyl sites for hydroxylation is 1. The molecule has 3 heterocycles. The fourth-order valence-corrected chi connectivity index (χ4v) is 2.59. The van der Waals surface area contributed by atoms with Crippen molar-refractivity contribution in [2.24, 2.45) is 0 Å². The number of methoxy groups -OCH3 is 1. The van der Waals surface area contributed by atoms with Crippen molar-refractivity contribution in [3.8, 4) is 0 Å². The van der Waals surface area contributed by atoms with E-state index in [9.17, 15) is 4.79 Å². The number of fused-ring (bicyclic) bond motifs is 1. The van der Waals surface area contributed by atoms with Gasteiger partial charge in [0.05, 0.1) is 18.8 Å². The minimum atomic E-state index is 0.0130. The summed E-state index contributed by atoms with van der Waals surface area (Å²) in [6, 6.07) is 3.97. The molecule has 0 N–H and O–H groups in total. The molecule has 21 heavy (non-hydrogen) atoms. The van der Waals surface area contributed by atoms with E-state index in [1.54, 1.807) is 7.11 Å². The Bertz CT molecular complexity index is 605. The second-order valence-corrected chi connectivity index (χ2v) is 5.16. The van der Waals surface area contributed by atoms with Crippen molar-refractivity contribution in [2.45, 2.75) is 26.1 Å². The number of hydrogen-bond acceptors (Lipinski definition) is 4. The second kappa shape index (κ2) is 6.09. The Hall–Kier alpha value is -2.15. The first-order chi connectivity index (χ1) is 10.3. The normalized spacial score (nSPS) is 14.8. The van der Waals surface area contributed by atoms with Crippen molar-refractivity contribution in [1.82, 2.24) is 24.5 Å². The average molecular weight is 289 g/mol. The highest BCUT2D eigenvalue weighted by Gasteiger charge is 2.23. The number of carbonyl (C=O) groups is 1. The molecule has 0 bridgehead atoms. The van der Waals surface area contributed by atoms with Gasteiger partial charge in [0.15, 0.2) is 0 Å². The van der Waals surface area contributed by atoms with Crippen molar-refractivity contribution >= 4 is 5.91 Å². The van der Waals surface area contributed by atoms with Gasteiger partial charge in [-0.3, -0.25) is 4.79 Å². The number of hydrogen-bond donors (Lipinski definition) is 0. The third kappa shape index (κ3) is 2.97. The first kappa shape index (κ1) is 13.8. The summed E-state index contributed by atoms with van der Waals surface area (Å²) in [5, 5.41) is 8.50. The third-order valence-corrected chi connectivity index (χ3v) is 3.68. The van der Waals surface area contributed by atoms with Crippen LogP contribution in [0, 0.1) is 0 Å². The summed E-state index contributed by atoms with van der Waals surface area (Å²) in [4.78, 5) is 13.9. The Morgan fingerprint density at radius 2 is 2.14 bits per heavy atom. The Morgan fingerprint density at radius 3 is 2.90 bits per heavy atom. The number of ether oxygens (including phenoxy) is 1. The molecule has 0 aliphatic carbocycles. The molecule has 1 amide bonds. The van der Waals surface area contributed by atoms with Gasteiger partial charge in [0.25, 0.3) is 0 Å². The van der Waals surface area contributed by atoms with E-state index in [2.05, 4.69) is 14.9 Å². The van der Waals surface area contributed by atoms with E-state index in [0.717, 1.165) is 30.9 Å². The van der Waals surface area contributed by atoms with Crippen LogP contribution in [0.5, 0.6) is 0 Å². The van der Waals surface area contributed by atoms with Crippen LogP contribution in [0.3, 0.4) is 0 Å². The minimum absolute atomic E-state index is 0.0130. The zero-order valence-corrected chi connectivity index (χ0v) is 12.1. The van der Waals surface area contributed by atoms with Crippen LogP contribution in [0.2, 0.25) is 0 Å². The van der Waals surface area contributed by atoms with Crippen LogP contribution < -0.4 is 0 Å². The maximum Gasteiger partial charge on any atom is 0.248 e. The number of carbonyl (C=O) groups excluding carboxylic acids is 1. The molecule has 0 atom stereocenters. The lowest BCUT2D eigenvalue weighted by Crippen LogP contribution is -2.33. The number of aromatic nitrogens is 4. The monoisotopic (exact) mass is 289 g/mol. The molecule has 0 saturated heterocycles. The Labute approximate surface area is 123 Å². The van der Waals surface area contributed by atoms with Crippen LogP contribution in [0.4, 0.5) is 0 Å². The molecule has 2 aromatic rings.